The Kier molecular flexibility index (Phi) is 4.83. The molecule has 1 saturated carbocycles. The van der Waals surface area contributed by atoms with Gasteiger partial charge in [-0.05, 0) is 85.7 Å². The lowest BCUT2D eigenvalue weighted by molar-refractivity contribution is 0.0602. The van der Waals surface area contributed by atoms with Gasteiger partial charge in [0, 0.05) is 28.5 Å². The minimum Gasteiger partial charge on any atom is -0.465 e. The van der Waals surface area contributed by atoms with Gasteiger partial charge >= 0.3 is 5.97 Å². The number of nitriles is 1. The van der Waals surface area contributed by atoms with E-state index in [1.807, 2.05) is 30.4 Å². The van der Waals surface area contributed by atoms with Crippen LogP contribution >= 0.6 is 0 Å². The highest BCUT2D eigenvalue weighted by Gasteiger charge is 2.25. The lowest BCUT2D eigenvalue weighted by Gasteiger charge is -2.15. The largest absolute Gasteiger partial charge is 0.465 e. The Balaban J connectivity index is 1.45. The van der Waals surface area contributed by atoms with Crippen molar-refractivity contribution in [3.8, 4) is 6.07 Å². The highest BCUT2D eigenvalue weighted by molar-refractivity contribution is 5.97. The van der Waals surface area contributed by atoms with E-state index in [-0.39, 0.29) is 5.97 Å². The number of esters is 1. The van der Waals surface area contributed by atoms with Crippen LogP contribution in [0.3, 0.4) is 0 Å². The highest BCUT2D eigenvalue weighted by Crippen LogP contribution is 2.41. The Labute approximate surface area is 181 Å². The van der Waals surface area contributed by atoms with Gasteiger partial charge in [0.15, 0.2) is 0 Å². The van der Waals surface area contributed by atoms with Gasteiger partial charge in [-0.25, -0.2) is 4.79 Å². The number of nitrogens with one attached hydrogen (secondary N) is 1. The van der Waals surface area contributed by atoms with Crippen molar-refractivity contribution in [1.29, 1.82) is 5.26 Å². The molecule has 0 bridgehead atoms. The van der Waals surface area contributed by atoms with Crippen LogP contribution in [0.15, 0.2) is 66.4 Å². The molecule has 0 aliphatic heterocycles. The Morgan fingerprint density at radius 2 is 2.00 bits per heavy atom. The quantitative estimate of drug-likeness (QED) is 0.515. The van der Waals surface area contributed by atoms with Crippen LogP contribution in [0.25, 0.3) is 16.6 Å². The number of allylic oxidation sites excluding steroid dienone is 4. The van der Waals surface area contributed by atoms with Crippen molar-refractivity contribution in [2.75, 3.05) is 12.4 Å². The summed E-state index contributed by atoms with van der Waals surface area (Å²) < 4.78 is 7.19. The van der Waals surface area contributed by atoms with E-state index in [1.54, 1.807) is 0 Å². The summed E-state index contributed by atoms with van der Waals surface area (Å²) in [5.41, 5.74) is 6.55. The van der Waals surface area contributed by atoms with Crippen LogP contribution in [0.2, 0.25) is 0 Å². The van der Waals surface area contributed by atoms with Crippen LogP contribution in [0.4, 0.5) is 11.4 Å². The van der Waals surface area contributed by atoms with E-state index < -0.39 is 0 Å². The fourth-order valence-electron chi connectivity index (χ4n) is 4.17. The van der Waals surface area contributed by atoms with Gasteiger partial charge in [-0.1, -0.05) is 6.07 Å². The molecule has 1 fully saturated rings. The number of hydrogen-bond acceptors (Lipinski definition) is 4. The first kappa shape index (κ1) is 19.2. The van der Waals surface area contributed by atoms with Gasteiger partial charge in [-0.3, -0.25) is 0 Å². The summed E-state index contributed by atoms with van der Waals surface area (Å²) >= 11 is 0. The second-order valence-corrected chi connectivity index (χ2v) is 8.12. The molecule has 5 heteroatoms. The lowest BCUT2D eigenvalue weighted by atomic mass is 10.0. The van der Waals surface area contributed by atoms with Gasteiger partial charge in [-0.15, -0.1) is 0 Å². The first-order valence-electron chi connectivity index (χ1n) is 10.6. The van der Waals surface area contributed by atoms with Crippen molar-refractivity contribution in [1.82, 2.24) is 4.57 Å². The van der Waals surface area contributed by atoms with Crippen LogP contribution in [-0.4, -0.2) is 17.6 Å². The molecule has 0 amide bonds. The number of anilines is 2. The van der Waals surface area contributed by atoms with E-state index in [0.717, 1.165) is 40.7 Å². The van der Waals surface area contributed by atoms with Gasteiger partial charge in [-0.2, -0.15) is 5.26 Å². The summed E-state index contributed by atoms with van der Waals surface area (Å²) in [5.74, 6) is 0.244. The summed E-state index contributed by atoms with van der Waals surface area (Å²) in [7, 11) is 1.42. The van der Waals surface area contributed by atoms with Crippen molar-refractivity contribution < 1.29 is 9.53 Å². The molecule has 0 radical (unpaired) electrons. The van der Waals surface area contributed by atoms with Crippen molar-refractivity contribution in [3.05, 3.63) is 77.5 Å². The molecular weight excluding hydrogens is 386 g/mol. The predicted octanol–water partition coefficient (Wildman–Crippen LogP) is 6.13. The van der Waals surface area contributed by atoms with E-state index in [9.17, 15) is 4.79 Å². The Bertz CT molecular complexity index is 1290. The van der Waals surface area contributed by atoms with Crippen molar-refractivity contribution >= 4 is 33.9 Å². The number of hydrogen-bond donors (Lipinski definition) is 1. The van der Waals surface area contributed by atoms with Gasteiger partial charge in [0.2, 0.25) is 0 Å². The molecule has 31 heavy (non-hydrogen) atoms. The maximum absolute atomic E-state index is 12.4. The number of benzene rings is 2. The lowest BCUT2D eigenvalue weighted by Crippen LogP contribution is -2.06. The van der Waals surface area contributed by atoms with E-state index in [0.29, 0.717) is 11.5 Å². The van der Waals surface area contributed by atoms with E-state index in [2.05, 4.69) is 46.4 Å². The molecule has 154 valence electrons. The maximum Gasteiger partial charge on any atom is 0.339 e. The number of fused-ring (bicyclic) bond motifs is 1. The number of rotatable bonds is 5. The molecule has 5 nitrogen and oxygen atoms in total. The van der Waals surface area contributed by atoms with Gasteiger partial charge in [0.05, 0.1) is 29.9 Å². The molecule has 2 aromatic carbocycles. The van der Waals surface area contributed by atoms with Crippen LogP contribution in [0.1, 0.15) is 47.5 Å². The zero-order valence-electron chi connectivity index (χ0n) is 17.4. The summed E-state index contributed by atoms with van der Waals surface area (Å²) in [6.07, 6.45) is 9.98. The third kappa shape index (κ3) is 3.73. The number of ether oxygens (including phenoxy) is 1. The third-order valence-corrected chi connectivity index (χ3v) is 6.05. The monoisotopic (exact) mass is 409 g/mol. The minimum atomic E-state index is -0.328. The van der Waals surface area contributed by atoms with Gasteiger partial charge < -0.3 is 14.6 Å². The first-order valence-corrected chi connectivity index (χ1v) is 10.6. The number of nitrogens with zero attached hydrogens (tertiary/aromatic N) is 2. The normalized spacial score (nSPS) is 15.7. The Morgan fingerprint density at radius 1 is 1.13 bits per heavy atom. The summed E-state index contributed by atoms with van der Waals surface area (Å²) in [6.45, 7) is 0. The Hall–Kier alpha value is -3.78. The molecule has 1 heterocycles. The molecule has 1 aromatic heterocycles. The average Bonchev–Trinajstić information content (AvgIpc) is 3.58. The first-order chi connectivity index (χ1) is 15.2. The third-order valence-electron chi connectivity index (χ3n) is 6.05. The number of carbonyl (C=O) groups excluding carboxylic acids is 1. The molecule has 0 atom stereocenters. The van der Waals surface area contributed by atoms with Gasteiger partial charge in [0.25, 0.3) is 0 Å². The number of carbonyl (C=O) groups is 1. The fourth-order valence-corrected chi connectivity index (χ4v) is 4.17. The molecule has 0 spiro atoms. The zero-order chi connectivity index (χ0) is 21.4. The average molecular weight is 409 g/mol. The van der Waals surface area contributed by atoms with E-state index >= 15 is 0 Å². The maximum atomic E-state index is 12.4. The molecule has 1 N–H and O–H groups in total. The summed E-state index contributed by atoms with van der Waals surface area (Å²) in [4.78, 5) is 12.4. The van der Waals surface area contributed by atoms with Crippen LogP contribution in [-0.2, 0) is 4.74 Å². The second kappa shape index (κ2) is 7.81. The Morgan fingerprint density at radius 3 is 2.71 bits per heavy atom. The fraction of sp³-hybridized carbons (Fsp3) is 0.231. The van der Waals surface area contributed by atoms with Crippen LogP contribution in [0.5, 0.6) is 0 Å². The molecule has 0 unspecified atom stereocenters. The number of aromatic nitrogens is 1. The minimum absolute atomic E-state index is 0.328. The number of methoxy groups -OCH3 is 1. The smallest absolute Gasteiger partial charge is 0.339 e. The molecule has 2 aliphatic carbocycles. The topological polar surface area (TPSA) is 67.0 Å². The van der Waals surface area contributed by atoms with Gasteiger partial charge in [0.1, 0.15) is 0 Å². The zero-order valence-corrected chi connectivity index (χ0v) is 17.4. The van der Waals surface area contributed by atoms with E-state index in [1.165, 1.54) is 31.2 Å². The molecule has 5 rings (SSSR count). The standard InChI is InChI=1S/C26H23N3O2/c1-31-26(30)23-15-19(18-4-5-18)6-10-24(23)28-21-7-11-25-20(14-21)12-13-29(25)22-8-2-17(16-27)3-9-22/h2,6-8,10-15,18,28H,3-5,9H2,1H3. The molecule has 0 saturated heterocycles. The van der Waals surface area contributed by atoms with Crippen molar-refractivity contribution in [2.24, 2.45) is 0 Å². The van der Waals surface area contributed by atoms with Crippen molar-refractivity contribution in [2.45, 2.75) is 31.6 Å². The van der Waals surface area contributed by atoms with Crippen LogP contribution in [0, 0.1) is 11.3 Å². The predicted molar refractivity (Wildman–Crippen MR) is 122 cm³/mol. The molecular formula is C26H23N3O2. The molecule has 3 aromatic rings. The second-order valence-electron chi connectivity index (χ2n) is 8.12. The summed E-state index contributed by atoms with van der Waals surface area (Å²) in [6, 6.07) is 16.5. The van der Waals surface area contributed by atoms with E-state index in [4.69, 9.17) is 10.00 Å². The van der Waals surface area contributed by atoms with Crippen molar-refractivity contribution in [3.63, 3.8) is 0 Å². The molecule has 2 aliphatic rings. The SMILES string of the molecule is COC(=O)c1cc(C2CC2)ccc1Nc1ccc2c(ccn2C2=CC=C(C#N)CC2)c1. The highest BCUT2D eigenvalue weighted by atomic mass is 16.5. The van der Waals surface area contributed by atoms with Crippen LogP contribution < -0.4 is 5.32 Å². The summed E-state index contributed by atoms with van der Waals surface area (Å²) in [5, 5.41) is 13.6.